The highest BCUT2D eigenvalue weighted by atomic mass is 16.5. The van der Waals surface area contributed by atoms with Crippen molar-refractivity contribution in [2.24, 2.45) is 0 Å². The minimum atomic E-state index is -0.472. The number of carbonyl (C=O) groups excluding carboxylic acids is 1. The van der Waals surface area contributed by atoms with Crippen molar-refractivity contribution in [1.82, 2.24) is 14.5 Å². The molecular formula is C20H27N3O3. The Morgan fingerprint density at radius 2 is 2.04 bits per heavy atom. The molecule has 0 unspecified atom stereocenters. The Bertz CT molecular complexity index is 836. The molecule has 0 N–H and O–H groups in total. The molecule has 0 fully saturated rings. The summed E-state index contributed by atoms with van der Waals surface area (Å²) in [6.07, 6.45) is 4.07. The van der Waals surface area contributed by atoms with Crippen LogP contribution in [0, 0.1) is 0 Å². The van der Waals surface area contributed by atoms with Crippen molar-refractivity contribution in [2.45, 2.75) is 33.6 Å². The smallest absolute Gasteiger partial charge is 0.332 e. The average Bonchev–Trinajstić information content (AvgIpc) is 2.64. The number of nitrogens with zero attached hydrogens (tertiary/aromatic N) is 3. The van der Waals surface area contributed by atoms with Gasteiger partial charge in [-0.25, -0.2) is 9.78 Å². The topological polar surface area (TPSA) is 64.4 Å². The summed E-state index contributed by atoms with van der Waals surface area (Å²) in [4.78, 5) is 30.9. The molecule has 26 heavy (non-hydrogen) atoms. The molecule has 2 aromatic rings. The zero-order valence-corrected chi connectivity index (χ0v) is 15.9. The van der Waals surface area contributed by atoms with Gasteiger partial charge in [-0.1, -0.05) is 33.8 Å². The third-order valence-electron chi connectivity index (χ3n) is 4.39. The summed E-state index contributed by atoms with van der Waals surface area (Å²) in [6, 6.07) is 5.69. The van der Waals surface area contributed by atoms with E-state index in [0.29, 0.717) is 30.0 Å². The highest BCUT2D eigenvalue weighted by molar-refractivity contribution is 5.85. The van der Waals surface area contributed by atoms with Gasteiger partial charge in [0.2, 0.25) is 0 Å². The van der Waals surface area contributed by atoms with E-state index >= 15 is 0 Å². The average molecular weight is 357 g/mol. The predicted octanol–water partition coefficient (Wildman–Crippen LogP) is 2.88. The third kappa shape index (κ3) is 5.02. The van der Waals surface area contributed by atoms with Gasteiger partial charge in [0.05, 0.1) is 10.9 Å². The first-order valence-corrected chi connectivity index (χ1v) is 9.04. The number of hydrogen-bond acceptors (Lipinski definition) is 5. The first-order chi connectivity index (χ1) is 12.5. The lowest BCUT2D eigenvalue weighted by Gasteiger charge is -2.16. The number of carbonyl (C=O) groups is 1. The summed E-state index contributed by atoms with van der Waals surface area (Å²) in [5.74, 6) is -0.149. The molecule has 140 valence electrons. The lowest BCUT2D eigenvalue weighted by molar-refractivity contribution is -0.138. The molecule has 0 atom stereocenters. The molecular weight excluding hydrogens is 330 g/mol. The quantitative estimate of drug-likeness (QED) is 0.537. The summed E-state index contributed by atoms with van der Waals surface area (Å²) in [7, 11) is 0. The maximum Gasteiger partial charge on any atom is 0.332 e. The summed E-state index contributed by atoms with van der Waals surface area (Å²) in [6.45, 7) is 11.1. The van der Waals surface area contributed by atoms with Crippen molar-refractivity contribution in [3.05, 3.63) is 46.5 Å². The van der Waals surface area contributed by atoms with Gasteiger partial charge in [0.15, 0.2) is 0 Å². The Morgan fingerprint density at radius 3 is 2.69 bits per heavy atom. The first-order valence-electron chi connectivity index (χ1n) is 9.04. The minimum Gasteiger partial charge on any atom is -0.461 e. The Labute approximate surface area is 154 Å². The van der Waals surface area contributed by atoms with Crippen LogP contribution in [0.25, 0.3) is 17.1 Å². The van der Waals surface area contributed by atoms with E-state index in [1.165, 1.54) is 23.2 Å². The molecule has 0 aliphatic heterocycles. The van der Waals surface area contributed by atoms with E-state index in [0.717, 1.165) is 18.7 Å². The van der Waals surface area contributed by atoms with Crippen LogP contribution in [0.15, 0.2) is 35.4 Å². The van der Waals surface area contributed by atoms with Gasteiger partial charge < -0.3 is 9.64 Å². The van der Waals surface area contributed by atoms with Crippen LogP contribution in [0.2, 0.25) is 0 Å². The molecule has 0 amide bonds. The molecule has 1 aromatic heterocycles. The lowest BCUT2D eigenvalue weighted by atomic mass is 10.0. The highest BCUT2D eigenvalue weighted by Crippen LogP contribution is 2.17. The Balaban J connectivity index is 2.10. The molecule has 0 radical (unpaired) electrons. The van der Waals surface area contributed by atoms with Crippen molar-refractivity contribution in [3.8, 4) is 0 Å². The summed E-state index contributed by atoms with van der Waals surface area (Å²) in [5, 5.41) is 0.540. The van der Waals surface area contributed by atoms with Gasteiger partial charge in [-0.15, -0.1) is 0 Å². The van der Waals surface area contributed by atoms with Crippen LogP contribution in [0.1, 0.15) is 39.2 Å². The standard InChI is InChI=1S/C20H27N3O3/c1-5-22(6-2)11-12-26-19(24)9-10-23-14-21-18-8-7-16(15(3)4)13-17(18)20(23)25/h7-10,13-15H,5-6,11-12H2,1-4H3/b10-9+. The fourth-order valence-corrected chi connectivity index (χ4v) is 2.62. The van der Waals surface area contributed by atoms with Crippen molar-refractivity contribution in [1.29, 1.82) is 0 Å². The molecule has 0 bridgehead atoms. The first kappa shape index (κ1) is 19.8. The van der Waals surface area contributed by atoms with Crippen molar-refractivity contribution in [3.63, 3.8) is 0 Å². The second kappa shape index (κ2) is 9.29. The van der Waals surface area contributed by atoms with E-state index in [4.69, 9.17) is 4.74 Å². The molecule has 1 aromatic carbocycles. The number of hydrogen-bond donors (Lipinski definition) is 0. The molecule has 6 nitrogen and oxygen atoms in total. The van der Waals surface area contributed by atoms with Gasteiger partial charge >= 0.3 is 5.97 Å². The van der Waals surface area contributed by atoms with Crippen LogP contribution in [0.3, 0.4) is 0 Å². The largest absolute Gasteiger partial charge is 0.461 e. The van der Waals surface area contributed by atoms with Crippen LogP contribution in [0.5, 0.6) is 0 Å². The van der Waals surface area contributed by atoms with Crippen molar-refractivity contribution < 1.29 is 9.53 Å². The van der Waals surface area contributed by atoms with E-state index in [2.05, 4.69) is 37.6 Å². The van der Waals surface area contributed by atoms with Crippen LogP contribution in [-0.4, -0.2) is 46.7 Å². The van der Waals surface area contributed by atoms with Gasteiger partial charge in [0.25, 0.3) is 5.56 Å². The summed E-state index contributed by atoms with van der Waals surface area (Å²) >= 11 is 0. The molecule has 6 heteroatoms. The molecule has 0 spiro atoms. The molecule has 2 rings (SSSR count). The Morgan fingerprint density at radius 1 is 1.31 bits per heavy atom. The number of ether oxygens (including phenoxy) is 1. The third-order valence-corrected chi connectivity index (χ3v) is 4.39. The van der Waals surface area contributed by atoms with Crippen molar-refractivity contribution in [2.75, 3.05) is 26.2 Å². The molecule has 0 saturated carbocycles. The fourth-order valence-electron chi connectivity index (χ4n) is 2.62. The second-order valence-corrected chi connectivity index (χ2v) is 6.40. The van der Waals surface area contributed by atoms with E-state index < -0.39 is 5.97 Å². The number of fused-ring (bicyclic) bond motifs is 1. The van der Waals surface area contributed by atoms with Gasteiger partial charge in [-0.05, 0) is 36.7 Å². The summed E-state index contributed by atoms with van der Waals surface area (Å²) in [5.41, 5.74) is 1.52. The van der Waals surface area contributed by atoms with Crippen molar-refractivity contribution >= 4 is 23.1 Å². The second-order valence-electron chi connectivity index (χ2n) is 6.40. The highest BCUT2D eigenvalue weighted by Gasteiger charge is 2.07. The SMILES string of the molecule is CCN(CC)CCOC(=O)/C=C/n1cnc2ccc(C(C)C)cc2c1=O. The zero-order valence-electron chi connectivity index (χ0n) is 15.9. The predicted molar refractivity (Wildman–Crippen MR) is 104 cm³/mol. The molecule has 1 heterocycles. The van der Waals surface area contributed by atoms with Crippen LogP contribution < -0.4 is 5.56 Å². The van der Waals surface area contributed by atoms with Gasteiger partial charge in [-0.3, -0.25) is 9.36 Å². The monoisotopic (exact) mass is 357 g/mol. The van der Waals surface area contributed by atoms with E-state index in [9.17, 15) is 9.59 Å². The number of benzene rings is 1. The number of likely N-dealkylation sites (N-methyl/N-ethyl adjacent to an activating group) is 1. The van der Waals surface area contributed by atoms with Crippen LogP contribution in [-0.2, 0) is 9.53 Å². The Hall–Kier alpha value is -2.47. The number of esters is 1. The normalized spacial score (nSPS) is 11.8. The number of aromatic nitrogens is 2. The van der Waals surface area contributed by atoms with Gasteiger partial charge in [-0.2, -0.15) is 0 Å². The Kier molecular flexibility index (Phi) is 7.09. The molecule has 0 aliphatic carbocycles. The van der Waals surface area contributed by atoms with E-state index in [-0.39, 0.29) is 5.56 Å². The molecule has 0 aliphatic rings. The van der Waals surface area contributed by atoms with E-state index in [1.807, 2.05) is 18.2 Å². The molecule has 0 saturated heterocycles. The number of rotatable bonds is 8. The van der Waals surface area contributed by atoms with Gasteiger partial charge in [0, 0.05) is 18.8 Å². The summed E-state index contributed by atoms with van der Waals surface area (Å²) < 4.78 is 6.48. The zero-order chi connectivity index (χ0) is 19.1. The maximum absolute atomic E-state index is 12.6. The van der Waals surface area contributed by atoms with Crippen LogP contribution in [0.4, 0.5) is 0 Å². The lowest BCUT2D eigenvalue weighted by Crippen LogP contribution is -2.27. The van der Waals surface area contributed by atoms with E-state index in [1.54, 1.807) is 0 Å². The van der Waals surface area contributed by atoms with Gasteiger partial charge in [0.1, 0.15) is 12.9 Å². The maximum atomic E-state index is 12.6. The minimum absolute atomic E-state index is 0.204. The van der Waals surface area contributed by atoms with Crippen LogP contribution >= 0.6 is 0 Å². The fraction of sp³-hybridized carbons (Fsp3) is 0.450.